The lowest BCUT2D eigenvalue weighted by Gasteiger charge is -2.48. The molecule has 1 aliphatic heterocycles. The fourth-order valence-corrected chi connectivity index (χ4v) is 6.20. The van der Waals surface area contributed by atoms with Crippen molar-refractivity contribution in [2.24, 2.45) is 5.92 Å². The summed E-state index contributed by atoms with van der Waals surface area (Å²) in [5.74, 6) is 2.18. The molecule has 4 rings (SSSR count). The van der Waals surface area contributed by atoms with Crippen LogP contribution in [0.25, 0.3) is 0 Å². The molecule has 1 saturated heterocycles. The number of hydrogen-bond acceptors (Lipinski definition) is 4. The highest BCUT2D eigenvalue weighted by molar-refractivity contribution is 5.96. The number of ether oxygens (including phenoxy) is 2. The van der Waals surface area contributed by atoms with Gasteiger partial charge in [-0.1, -0.05) is 52.0 Å². The molecular weight excluding hydrogens is 440 g/mol. The molecule has 3 aliphatic rings. The molecule has 3 fully saturated rings. The largest absolute Gasteiger partial charge is 0.493 e. The molecule has 1 aromatic carbocycles. The first-order chi connectivity index (χ1) is 17.0. The molecule has 1 atom stereocenters. The van der Waals surface area contributed by atoms with Crippen LogP contribution in [0.15, 0.2) is 18.2 Å². The summed E-state index contributed by atoms with van der Waals surface area (Å²) in [7, 11) is 1.63. The van der Waals surface area contributed by atoms with Gasteiger partial charge in [0.25, 0.3) is 5.91 Å². The van der Waals surface area contributed by atoms with Gasteiger partial charge in [0, 0.05) is 12.1 Å². The van der Waals surface area contributed by atoms with E-state index in [9.17, 15) is 9.59 Å². The molecule has 1 heterocycles. The summed E-state index contributed by atoms with van der Waals surface area (Å²) >= 11 is 0. The number of methoxy groups -OCH3 is 1. The molecule has 194 valence electrons. The van der Waals surface area contributed by atoms with Gasteiger partial charge >= 0.3 is 0 Å². The summed E-state index contributed by atoms with van der Waals surface area (Å²) < 4.78 is 11.5. The van der Waals surface area contributed by atoms with E-state index in [0.29, 0.717) is 24.0 Å². The number of nitrogens with zero attached hydrogens (tertiary/aromatic N) is 2. The first-order valence-corrected chi connectivity index (χ1v) is 14.0. The maximum absolute atomic E-state index is 14.2. The average molecular weight is 485 g/mol. The third-order valence-corrected chi connectivity index (χ3v) is 8.25. The molecule has 1 aromatic rings. The van der Waals surface area contributed by atoms with Crippen LogP contribution in [0.5, 0.6) is 11.5 Å². The third-order valence-electron chi connectivity index (χ3n) is 8.25. The fourth-order valence-electron chi connectivity index (χ4n) is 6.20. The van der Waals surface area contributed by atoms with Gasteiger partial charge in [0.2, 0.25) is 5.91 Å². The Morgan fingerprint density at radius 1 is 0.886 bits per heavy atom. The predicted octanol–water partition coefficient (Wildman–Crippen LogP) is 5.89. The average Bonchev–Trinajstić information content (AvgIpc) is 2.84. The van der Waals surface area contributed by atoms with Crippen LogP contribution in [0, 0.1) is 5.92 Å². The van der Waals surface area contributed by atoms with E-state index in [1.807, 2.05) is 28.0 Å². The number of rotatable bonds is 7. The maximum Gasteiger partial charge on any atom is 0.250 e. The lowest BCUT2D eigenvalue weighted by Crippen LogP contribution is -2.61. The van der Waals surface area contributed by atoms with E-state index < -0.39 is 6.04 Å². The highest BCUT2D eigenvalue weighted by atomic mass is 16.5. The van der Waals surface area contributed by atoms with Crippen LogP contribution < -0.4 is 9.47 Å². The zero-order valence-electron chi connectivity index (χ0n) is 22.0. The van der Waals surface area contributed by atoms with E-state index in [1.165, 1.54) is 19.3 Å². The zero-order chi connectivity index (χ0) is 24.8. The number of benzene rings is 1. The van der Waals surface area contributed by atoms with Crippen molar-refractivity contribution in [1.29, 1.82) is 0 Å². The standard InChI is InChI=1S/C29H44N2O4/c1-4-18-35-25-17-14-22(19-26(25)34-3)28-29(33)30(23-15-12-21(2)13-16-23)20-27(32)31(28)24-10-8-6-5-7-9-11-24/h14,17,19,21,23-24,28H,4-13,15-16,18,20H2,1-3H3/t21?,23?,28-/m1/s1. The van der Waals surface area contributed by atoms with E-state index in [2.05, 4.69) is 13.8 Å². The normalized spacial score (nSPS) is 26.9. The van der Waals surface area contributed by atoms with Crippen molar-refractivity contribution in [2.45, 2.75) is 109 Å². The van der Waals surface area contributed by atoms with E-state index in [-0.39, 0.29) is 30.4 Å². The molecule has 2 saturated carbocycles. The lowest BCUT2D eigenvalue weighted by atomic mass is 9.85. The van der Waals surface area contributed by atoms with Crippen molar-refractivity contribution in [1.82, 2.24) is 9.80 Å². The minimum atomic E-state index is -0.589. The molecule has 0 spiro atoms. The quantitative estimate of drug-likeness (QED) is 0.484. The Balaban J connectivity index is 1.68. The van der Waals surface area contributed by atoms with Gasteiger partial charge in [-0.2, -0.15) is 0 Å². The number of hydrogen-bond donors (Lipinski definition) is 0. The second-order valence-corrected chi connectivity index (χ2v) is 10.8. The van der Waals surface area contributed by atoms with E-state index in [1.54, 1.807) is 7.11 Å². The van der Waals surface area contributed by atoms with E-state index in [4.69, 9.17) is 9.47 Å². The molecule has 0 unspecified atom stereocenters. The molecule has 2 aliphatic carbocycles. The second kappa shape index (κ2) is 12.1. The Labute approximate surface area is 211 Å². The van der Waals surface area contributed by atoms with Gasteiger partial charge < -0.3 is 19.3 Å². The molecule has 0 N–H and O–H groups in total. The summed E-state index contributed by atoms with van der Waals surface area (Å²) in [5.41, 5.74) is 0.833. The Kier molecular flexibility index (Phi) is 8.96. The zero-order valence-corrected chi connectivity index (χ0v) is 22.0. The Hall–Kier alpha value is -2.24. The van der Waals surface area contributed by atoms with Crippen LogP contribution in [-0.2, 0) is 9.59 Å². The van der Waals surface area contributed by atoms with Crippen LogP contribution in [0.2, 0.25) is 0 Å². The Morgan fingerprint density at radius 2 is 1.57 bits per heavy atom. The summed E-state index contributed by atoms with van der Waals surface area (Å²) in [6, 6.07) is 5.48. The predicted molar refractivity (Wildman–Crippen MR) is 138 cm³/mol. The number of amides is 2. The van der Waals surface area contributed by atoms with Gasteiger partial charge in [-0.3, -0.25) is 9.59 Å². The molecule has 2 amide bonds. The summed E-state index contributed by atoms with van der Waals surface area (Å²) in [4.78, 5) is 31.8. The molecular formula is C29H44N2O4. The minimum Gasteiger partial charge on any atom is -0.493 e. The van der Waals surface area contributed by atoms with Gasteiger partial charge in [-0.15, -0.1) is 0 Å². The second-order valence-electron chi connectivity index (χ2n) is 10.8. The summed E-state index contributed by atoms with van der Waals surface area (Å²) in [6.07, 6.45) is 13.0. The van der Waals surface area contributed by atoms with Crippen molar-refractivity contribution in [2.75, 3.05) is 20.3 Å². The number of piperazine rings is 1. The van der Waals surface area contributed by atoms with Crippen LogP contribution in [0.3, 0.4) is 0 Å². The highest BCUT2D eigenvalue weighted by Gasteiger charge is 2.45. The SMILES string of the molecule is CCCOc1ccc([C@@H]2C(=O)N(C3CCC(C)CC3)CC(=O)N2C2CCCCCCC2)cc1OC. The molecule has 6 nitrogen and oxygen atoms in total. The summed E-state index contributed by atoms with van der Waals surface area (Å²) in [6.45, 7) is 5.19. The van der Waals surface area contributed by atoms with E-state index >= 15 is 0 Å². The molecule has 0 bridgehead atoms. The monoisotopic (exact) mass is 484 g/mol. The number of carbonyl (C=O) groups excluding carboxylic acids is 2. The Morgan fingerprint density at radius 3 is 2.23 bits per heavy atom. The van der Waals surface area contributed by atoms with Gasteiger partial charge in [0.1, 0.15) is 12.6 Å². The first-order valence-electron chi connectivity index (χ1n) is 14.0. The van der Waals surface area contributed by atoms with Gasteiger partial charge in [0.05, 0.1) is 13.7 Å². The van der Waals surface area contributed by atoms with Gasteiger partial charge in [0.15, 0.2) is 11.5 Å². The van der Waals surface area contributed by atoms with Crippen LogP contribution in [-0.4, -0.2) is 54.0 Å². The molecule has 0 aromatic heterocycles. The van der Waals surface area contributed by atoms with Gasteiger partial charge in [-0.25, -0.2) is 0 Å². The van der Waals surface area contributed by atoms with Crippen LogP contribution >= 0.6 is 0 Å². The first kappa shape index (κ1) is 25.8. The van der Waals surface area contributed by atoms with Crippen LogP contribution in [0.1, 0.15) is 103 Å². The van der Waals surface area contributed by atoms with Crippen molar-refractivity contribution in [3.05, 3.63) is 23.8 Å². The van der Waals surface area contributed by atoms with Crippen molar-refractivity contribution >= 4 is 11.8 Å². The maximum atomic E-state index is 14.2. The lowest BCUT2D eigenvalue weighted by molar-refractivity contribution is -0.162. The topological polar surface area (TPSA) is 59.1 Å². The fraction of sp³-hybridized carbons (Fsp3) is 0.724. The third kappa shape index (κ3) is 5.95. The van der Waals surface area contributed by atoms with Crippen LogP contribution in [0.4, 0.5) is 0 Å². The van der Waals surface area contributed by atoms with Crippen molar-refractivity contribution in [3.63, 3.8) is 0 Å². The molecule has 35 heavy (non-hydrogen) atoms. The smallest absolute Gasteiger partial charge is 0.250 e. The molecule has 0 radical (unpaired) electrons. The van der Waals surface area contributed by atoms with Crippen molar-refractivity contribution < 1.29 is 19.1 Å². The highest BCUT2D eigenvalue weighted by Crippen LogP contribution is 2.39. The number of carbonyl (C=O) groups is 2. The van der Waals surface area contributed by atoms with E-state index in [0.717, 1.165) is 63.4 Å². The van der Waals surface area contributed by atoms with Crippen molar-refractivity contribution in [3.8, 4) is 11.5 Å². The summed E-state index contributed by atoms with van der Waals surface area (Å²) in [5, 5.41) is 0. The van der Waals surface area contributed by atoms with Gasteiger partial charge in [-0.05, 0) is 68.6 Å². The Bertz CT molecular complexity index is 856. The minimum absolute atomic E-state index is 0.0792. The molecule has 6 heteroatoms.